The fourth-order valence-electron chi connectivity index (χ4n) is 3.57. The quantitative estimate of drug-likeness (QED) is 0.305. The molecule has 5 aromatic rings. The number of nitrogens with one attached hydrogen (secondary N) is 1. The van der Waals surface area contributed by atoms with Gasteiger partial charge in [0, 0.05) is 17.5 Å². The van der Waals surface area contributed by atoms with Gasteiger partial charge in [-0.3, -0.25) is 9.78 Å². The van der Waals surface area contributed by atoms with E-state index in [4.69, 9.17) is 9.40 Å². The van der Waals surface area contributed by atoms with E-state index in [0.29, 0.717) is 30.2 Å². The van der Waals surface area contributed by atoms with Crippen LogP contribution >= 0.6 is 11.8 Å². The van der Waals surface area contributed by atoms with Crippen molar-refractivity contribution in [2.24, 2.45) is 0 Å². The number of carbonyl (C=O) groups excluding carboxylic acids is 1. The lowest BCUT2D eigenvalue weighted by Crippen LogP contribution is -2.22. The van der Waals surface area contributed by atoms with Gasteiger partial charge in [-0.05, 0) is 53.6 Å². The number of hydrogen-bond donors (Lipinski definition) is 1. The van der Waals surface area contributed by atoms with Crippen LogP contribution in [-0.2, 0) is 18.8 Å². The first-order valence-electron chi connectivity index (χ1n) is 10.7. The highest BCUT2D eigenvalue weighted by Crippen LogP contribution is 2.27. The number of halogens is 1. The van der Waals surface area contributed by atoms with Crippen molar-refractivity contribution in [1.29, 1.82) is 0 Å². The van der Waals surface area contributed by atoms with Crippen molar-refractivity contribution in [3.8, 4) is 0 Å². The summed E-state index contributed by atoms with van der Waals surface area (Å²) in [5, 5.41) is 3.71. The van der Waals surface area contributed by atoms with E-state index in [1.165, 1.54) is 12.1 Å². The van der Waals surface area contributed by atoms with Crippen molar-refractivity contribution in [3.63, 3.8) is 0 Å². The molecule has 170 valence electrons. The van der Waals surface area contributed by atoms with Crippen LogP contribution in [0.2, 0.25) is 0 Å². The number of thioether (sulfide) groups is 1. The van der Waals surface area contributed by atoms with E-state index in [2.05, 4.69) is 14.9 Å². The Labute approximate surface area is 199 Å². The summed E-state index contributed by atoms with van der Waals surface area (Å²) in [5.74, 6) is 0.975. The molecular weight excluding hydrogens is 451 g/mol. The zero-order valence-corrected chi connectivity index (χ0v) is 19.0. The molecular formula is C26H21FN4O2S. The molecule has 5 rings (SSSR count). The Morgan fingerprint density at radius 3 is 2.59 bits per heavy atom. The third kappa shape index (κ3) is 5.02. The van der Waals surface area contributed by atoms with Crippen LogP contribution in [-0.4, -0.2) is 20.4 Å². The minimum Gasteiger partial charge on any atom is -0.467 e. The van der Waals surface area contributed by atoms with Gasteiger partial charge in [0.15, 0.2) is 5.16 Å². The molecule has 1 amide bonds. The van der Waals surface area contributed by atoms with Crippen molar-refractivity contribution < 1.29 is 13.6 Å². The van der Waals surface area contributed by atoms with E-state index in [9.17, 15) is 9.18 Å². The predicted octanol–water partition coefficient (Wildman–Crippen LogP) is 5.43. The molecule has 3 aromatic heterocycles. The molecule has 34 heavy (non-hydrogen) atoms. The normalized spacial score (nSPS) is 11.1. The zero-order valence-electron chi connectivity index (χ0n) is 18.1. The van der Waals surface area contributed by atoms with E-state index in [1.807, 2.05) is 36.4 Å². The third-order valence-corrected chi connectivity index (χ3v) is 6.40. The van der Waals surface area contributed by atoms with Crippen LogP contribution in [0.4, 0.5) is 4.39 Å². The first-order valence-corrected chi connectivity index (χ1v) is 11.7. The molecule has 0 radical (unpaired) electrons. The minimum atomic E-state index is -0.245. The Kier molecular flexibility index (Phi) is 6.40. The smallest absolute Gasteiger partial charge is 0.251 e. The number of fused-ring (bicyclic) bond motifs is 1. The summed E-state index contributed by atoms with van der Waals surface area (Å²) in [6.07, 6.45) is 5.11. The second-order valence-corrected chi connectivity index (χ2v) is 8.66. The fourth-order valence-corrected chi connectivity index (χ4v) is 4.54. The number of amides is 1. The van der Waals surface area contributed by atoms with Gasteiger partial charge in [0.25, 0.3) is 5.91 Å². The number of furan rings is 1. The Morgan fingerprint density at radius 1 is 1.03 bits per heavy atom. The standard InChI is InChI=1S/C26H21FN4O2S/c27-21-9-5-19(6-10-21)17-34-26-30-23-11-12-28-15-24(23)31(26)16-18-3-7-20(8-4-18)25(32)29-14-22-2-1-13-33-22/h1-13,15H,14,16-17H2,(H,29,32). The molecule has 6 nitrogen and oxygen atoms in total. The van der Waals surface area contributed by atoms with E-state index in [0.717, 1.165) is 27.3 Å². The number of imidazole rings is 1. The number of pyridine rings is 1. The highest BCUT2D eigenvalue weighted by Gasteiger charge is 2.13. The maximum atomic E-state index is 13.2. The van der Waals surface area contributed by atoms with E-state index >= 15 is 0 Å². The van der Waals surface area contributed by atoms with Gasteiger partial charge in [0.1, 0.15) is 11.6 Å². The summed E-state index contributed by atoms with van der Waals surface area (Å²) in [4.78, 5) is 21.5. The maximum Gasteiger partial charge on any atom is 0.251 e. The molecule has 2 aromatic carbocycles. The average molecular weight is 473 g/mol. The lowest BCUT2D eigenvalue weighted by Gasteiger charge is -2.10. The SMILES string of the molecule is O=C(NCc1ccco1)c1ccc(Cn2c(SCc3ccc(F)cc3)nc3ccncc32)cc1. The van der Waals surface area contributed by atoms with Crippen LogP contribution in [0.5, 0.6) is 0 Å². The monoisotopic (exact) mass is 472 g/mol. The van der Waals surface area contributed by atoms with Gasteiger partial charge in [0.05, 0.1) is 36.6 Å². The molecule has 8 heteroatoms. The van der Waals surface area contributed by atoms with Crippen molar-refractivity contribution in [2.45, 2.75) is 24.0 Å². The molecule has 3 heterocycles. The minimum absolute atomic E-state index is 0.157. The second kappa shape index (κ2) is 9.93. The Bertz CT molecular complexity index is 1400. The molecule has 0 fully saturated rings. The van der Waals surface area contributed by atoms with Crippen LogP contribution in [0, 0.1) is 5.82 Å². The number of hydrogen-bond acceptors (Lipinski definition) is 5. The van der Waals surface area contributed by atoms with Crippen LogP contribution in [0.15, 0.2) is 95.0 Å². The van der Waals surface area contributed by atoms with E-state index < -0.39 is 0 Å². The van der Waals surface area contributed by atoms with Gasteiger partial charge in [-0.1, -0.05) is 36.0 Å². The second-order valence-electron chi connectivity index (χ2n) is 7.72. The van der Waals surface area contributed by atoms with Crippen LogP contribution in [0.25, 0.3) is 11.0 Å². The lowest BCUT2D eigenvalue weighted by atomic mass is 10.1. The topological polar surface area (TPSA) is 73.0 Å². The Morgan fingerprint density at radius 2 is 1.82 bits per heavy atom. The largest absolute Gasteiger partial charge is 0.467 e. The van der Waals surface area contributed by atoms with Gasteiger partial charge >= 0.3 is 0 Å². The molecule has 0 aliphatic rings. The summed E-state index contributed by atoms with van der Waals surface area (Å²) in [6, 6.07) is 19.5. The van der Waals surface area contributed by atoms with Gasteiger partial charge in [-0.25, -0.2) is 9.37 Å². The molecule has 1 N–H and O–H groups in total. The fraction of sp³-hybridized carbons (Fsp3) is 0.115. The van der Waals surface area contributed by atoms with Crippen molar-refractivity contribution in [2.75, 3.05) is 0 Å². The van der Waals surface area contributed by atoms with E-state index in [-0.39, 0.29) is 11.7 Å². The average Bonchev–Trinajstić information content (AvgIpc) is 3.51. The summed E-state index contributed by atoms with van der Waals surface area (Å²) in [6.45, 7) is 0.929. The van der Waals surface area contributed by atoms with Crippen molar-refractivity contribution >= 4 is 28.7 Å². The molecule has 0 aliphatic heterocycles. The van der Waals surface area contributed by atoms with Gasteiger partial charge in [0.2, 0.25) is 0 Å². The van der Waals surface area contributed by atoms with Gasteiger partial charge in [-0.15, -0.1) is 0 Å². The van der Waals surface area contributed by atoms with Gasteiger partial charge < -0.3 is 14.3 Å². The first kappa shape index (κ1) is 21.9. The number of nitrogens with zero attached hydrogens (tertiary/aromatic N) is 3. The molecule has 0 unspecified atom stereocenters. The van der Waals surface area contributed by atoms with Crippen LogP contribution < -0.4 is 5.32 Å². The molecule has 0 spiro atoms. The first-order chi connectivity index (χ1) is 16.7. The summed E-state index contributed by atoms with van der Waals surface area (Å²) >= 11 is 1.59. The summed E-state index contributed by atoms with van der Waals surface area (Å²) < 4.78 is 20.6. The van der Waals surface area contributed by atoms with E-state index in [1.54, 1.807) is 48.6 Å². The van der Waals surface area contributed by atoms with Gasteiger partial charge in [-0.2, -0.15) is 0 Å². The van der Waals surface area contributed by atoms with Crippen molar-refractivity contribution in [1.82, 2.24) is 19.9 Å². The predicted molar refractivity (Wildman–Crippen MR) is 129 cm³/mol. The Balaban J connectivity index is 1.31. The molecule has 0 aliphatic carbocycles. The molecule has 0 atom stereocenters. The number of rotatable bonds is 8. The Hall–Kier alpha value is -3.91. The highest BCUT2D eigenvalue weighted by atomic mass is 32.2. The number of aromatic nitrogens is 3. The van der Waals surface area contributed by atoms with Crippen molar-refractivity contribution in [3.05, 3.63) is 114 Å². The zero-order chi connectivity index (χ0) is 23.3. The van der Waals surface area contributed by atoms with Crippen LogP contribution in [0.3, 0.4) is 0 Å². The number of benzene rings is 2. The third-order valence-electron chi connectivity index (χ3n) is 5.36. The summed E-state index contributed by atoms with van der Waals surface area (Å²) in [5.41, 5.74) is 4.44. The molecule has 0 saturated carbocycles. The lowest BCUT2D eigenvalue weighted by molar-refractivity contribution is 0.0948. The highest BCUT2D eigenvalue weighted by molar-refractivity contribution is 7.98. The molecule has 0 bridgehead atoms. The summed E-state index contributed by atoms with van der Waals surface area (Å²) in [7, 11) is 0. The van der Waals surface area contributed by atoms with Crippen LogP contribution in [0.1, 0.15) is 27.2 Å². The number of carbonyl (C=O) groups is 1. The molecule has 0 saturated heterocycles. The maximum absolute atomic E-state index is 13.2.